The van der Waals surface area contributed by atoms with Gasteiger partial charge in [-0.05, 0) is 59.7 Å². The van der Waals surface area contributed by atoms with Crippen molar-refractivity contribution in [1.29, 1.82) is 0 Å². The molecule has 22 heavy (non-hydrogen) atoms. The van der Waals surface area contributed by atoms with E-state index in [1.807, 2.05) is 56.3 Å². The first-order valence-corrected chi connectivity index (χ1v) is 6.86. The third kappa shape index (κ3) is 2.71. The maximum Gasteiger partial charge on any atom is 0.255 e. The van der Waals surface area contributed by atoms with Gasteiger partial charge in [0.1, 0.15) is 6.33 Å². The number of hydrogen-bond donors (Lipinski definition) is 1. The molecule has 2 aromatic carbocycles. The molecule has 1 aromatic heterocycles. The minimum atomic E-state index is -0.118. The highest BCUT2D eigenvalue weighted by Crippen LogP contribution is 2.19. The lowest BCUT2D eigenvalue weighted by atomic mass is 10.1. The Morgan fingerprint density at radius 2 is 1.91 bits per heavy atom. The maximum absolute atomic E-state index is 12.3. The van der Waals surface area contributed by atoms with Crippen molar-refractivity contribution in [2.45, 2.75) is 13.8 Å². The smallest absolute Gasteiger partial charge is 0.255 e. The van der Waals surface area contributed by atoms with Crippen LogP contribution in [0.2, 0.25) is 0 Å². The number of amides is 1. The lowest BCUT2D eigenvalue weighted by Crippen LogP contribution is -2.13. The molecule has 1 heterocycles. The summed E-state index contributed by atoms with van der Waals surface area (Å²) in [6, 6.07) is 13.1. The molecule has 3 aromatic rings. The highest BCUT2D eigenvalue weighted by molar-refractivity contribution is 6.05. The topological polar surface area (TPSA) is 72.7 Å². The van der Waals surface area contributed by atoms with E-state index >= 15 is 0 Å². The first-order chi connectivity index (χ1) is 10.6. The number of hydrogen-bond acceptors (Lipinski definition) is 4. The summed E-state index contributed by atoms with van der Waals surface area (Å²) >= 11 is 0. The molecule has 6 heteroatoms. The average Bonchev–Trinajstić information content (AvgIpc) is 3.01. The van der Waals surface area contributed by atoms with E-state index in [1.54, 1.807) is 4.68 Å². The lowest BCUT2D eigenvalue weighted by molar-refractivity contribution is 0.102. The van der Waals surface area contributed by atoms with Crippen LogP contribution in [0.5, 0.6) is 0 Å². The second kappa shape index (κ2) is 5.77. The molecule has 0 aliphatic heterocycles. The summed E-state index contributed by atoms with van der Waals surface area (Å²) in [5.41, 5.74) is 4.20. The van der Waals surface area contributed by atoms with E-state index in [4.69, 9.17) is 0 Å². The number of nitrogens with one attached hydrogen (secondary N) is 1. The Bertz CT molecular complexity index is 811. The van der Waals surface area contributed by atoms with Crippen molar-refractivity contribution < 1.29 is 4.79 Å². The molecule has 0 spiro atoms. The Labute approximate surface area is 127 Å². The molecule has 0 unspecified atom stereocenters. The van der Waals surface area contributed by atoms with Gasteiger partial charge in [-0.2, -0.15) is 0 Å². The van der Waals surface area contributed by atoms with E-state index in [1.165, 1.54) is 6.33 Å². The molecule has 0 saturated heterocycles. The van der Waals surface area contributed by atoms with Gasteiger partial charge in [0, 0.05) is 11.3 Å². The van der Waals surface area contributed by atoms with Gasteiger partial charge in [-0.25, -0.2) is 4.68 Å². The molecule has 110 valence electrons. The quantitative estimate of drug-likeness (QED) is 0.805. The molecule has 0 fully saturated rings. The molecule has 1 N–H and O–H groups in total. The molecule has 0 aliphatic rings. The maximum atomic E-state index is 12.3. The van der Waals surface area contributed by atoms with E-state index in [2.05, 4.69) is 20.8 Å². The van der Waals surface area contributed by atoms with Crippen molar-refractivity contribution in [1.82, 2.24) is 20.2 Å². The third-order valence-corrected chi connectivity index (χ3v) is 3.44. The standard InChI is InChI=1S/C16H15N5O/c1-11-5-3-4-6-14(11)16(22)18-13-7-8-15(12(2)9-13)21-10-17-19-20-21/h3-10H,1-2H3,(H,18,22). The molecule has 0 atom stereocenters. The molecular formula is C16H15N5O. The Morgan fingerprint density at radius 1 is 1.09 bits per heavy atom. The summed E-state index contributed by atoms with van der Waals surface area (Å²) in [6.07, 6.45) is 1.54. The predicted octanol–water partition coefficient (Wildman–Crippen LogP) is 2.53. The van der Waals surface area contributed by atoms with Crippen molar-refractivity contribution >= 4 is 11.6 Å². The molecule has 0 aliphatic carbocycles. The zero-order chi connectivity index (χ0) is 15.5. The van der Waals surface area contributed by atoms with Gasteiger partial charge in [0.2, 0.25) is 0 Å². The molecular weight excluding hydrogens is 278 g/mol. The Kier molecular flexibility index (Phi) is 3.65. The van der Waals surface area contributed by atoms with Crippen LogP contribution in [0.3, 0.4) is 0 Å². The predicted molar refractivity (Wildman–Crippen MR) is 83.0 cm³/mol. The van der Waals surface area contributed by atoms with Crippen molar-refractivity contribution in [3.05, 3.63) is 65.5 Å². The fraction of sp³-hybridized carbons (Fsp3) is 0.125. The molecule has 1 amide bonds. The summed E-state index contributed by atoms with van der Waals surface area (Å²) in [4.78, 5) is 12.3. The van der Waals surface area contributed by atoms with Gasteiger partial charge in [-0.1, -0.05) is 18.2 Å². The van der Waals surface area contributed by atoms with Crippen LogP contribution in [0.1, 0.15) is 21.5 Å². The number of rotatable bonds is 3. The van der Waals surface area contributed by atoms with Crippen LogP contribution in [0.15, 0.2) is 48.8 Å². The number of nitrogens with zero attached hydrogens (tertiary/aromatic N) is 4. The SMILES string of the molecule is Cc1ccccc1C(=O)Nc1ccc(-n2cnnn2)c(C)c1. The average molecular weight is 293 g/mol. The minimum Gasteiger partial charge on any atom is -0.322 e. The summed E-state index contributed by atoms with van der Waals surface area (Å²) < 4.78 is 1.59. The molecule has 6 nitrogen and oxygen atoms in total. The number of aromatic nitrogens is 4. The number of carbonyl (C=O) groups excluding carboxylic acids is 1. The highest BCUT2D eigenvalue weighted by atomic mass is 16.1. The molecule has 0 radical (unpaired) electrons. The van der Waals surface area contributed by atoms with E-state index in [9.17, 15) is 4.79 Å². The normalized spacial score (nSPS) is 10.5. The molecule has 0 saturated carbocycles. The van der Waals surface area contributed by atoms with Gasteiger partial charge in [-0.15, -0.1) is 5.10 Å². The van der Waals surface area contributed by atoms with Crippen LogP contribution in [-0.4, -0.2) is 26.1 Å². The zero-order valence-electron chi connectivity index (χ0n) is 12.3. The van der Waals surface area contributed by atoms with Crippen LogP contribution in [-0.2, 0) is 0 Å². The van der Waals surface area contributed by atoms with Crippen LogP contribution in [0, 0.1) is 13.8 Å². The van der Waals surface area contributed by atoms with Gasteiger partial charge >= 0.3 is 0 Å². The van der Waals surface area contributed by atoms with Crippen LogP contribution in [0.25, 0.3) is 5.69 Å². The Hall–Kier alpha value is -3.02. The first-order valence-electron chi connectivity index (χ1n) is 6.86. The van der Waals surface area contributed by atoms with Crippen molar-refractivity contribution in [2.75, 3.05) is 5.32 Å². The highest BCUT2D eigenvalue weighted by Gasteiger charge is 2.10. The van der Waals surface area contributed by atoms with E-state index in [0.29, 0.717) is 5.56 Å². The zero-order valence-corrected chi connectivity index (χ0v) is 12.3. The van der Waals surface area contributed by atoms with E-state index in [-0.39, 0.29) is 5.91 Å². The minimum absolute atomic E-state index is 0.118. The number of anilines is 1. The number of tetrazole rings is 1. The Balaban J connectivity index is 1.83. The monoisotopic (exact) mass is 293 g/mol. The summed E-state index contributed by atoms with van der Waals surface area (Å²) in [6.45, 7) is 3.86. The number of aryl methyl sites for hydroxylation is 2. The van der Waals surface area contributed by atoms with Crippen LogP contribution in [0.4, 0.5) is 5.69 Å². The van der Waals surface area contributed by atoms with Gasteiger partial charge in [0.15, 0.2) is 0 Å². The first kappa shape index (κ1) is 13.9. The number of carbonyl (C=O) groups is 1. The van der Waals surface area contributed by atoms with Crippen LogP contribution >= 0.6 is 0 Å². The van der Waals surface area contributed by atoms with Gasteiger partial charge in [-0.3, -0.25) is 4.79 Å². The van der Waals surface area contributed by atoms with Crippen LogP contribution < -0.4 is 5.32 Å². The van der Waals surface area contributed by atoms with Crippen molar-refractivity contribution in [2.24, 2.45) is 0 Å². The molecule has 0 bridgehead atoms. The second-order valence-corrected chi connectivity index (χ2v) is 5.02. The Morgan fingerprint density at radius 3 is 2.59 bits per heavy atom. The van der Waals surface area contributed by atoms with Crippen molar-refractivity contribution in [3.8, 4) is 5.69 Å². The lowest BCUT2D eigenvalue weighted by Gasteiger charge is -2.10. The number of benzene rings is 2. The van der Waals surface area contributed by atoms with Gasteiger partial charge in [0.05, 0.1) is 5.69 Å². The second-order valence-electron chi connectivity index (χ2n) is 5.02. The molecule has 3 rings (SSSR count). The summed E-state index contributed by atoms with van der Waals surface area (Å²) in [5.74, 6) is -0.118. The van der Waals surface area contributed by atoms with E-state index in [0.717, 1.165) is 22.5 Å². The summed E-state index contributed by atoms with van der Waals surface area (Å²) in [5, 5.41) is 14.0. The van der Waals surface area contributed by atoms with E-state index < -0.39 is 0 Å². The fourth-order valence-corrected chi connectivity index (χ4v) is 2.29. The largest absolute Gasteiger partial charge is 0.322 e. The van der Waals surface area contributed by atoms with Crippen molar-refractivity contribution in [3.63, 3.8) is 0 Å². The van der Waals surface area contributed by atoms with Gasteiger partial charge < -0.3 is 5.32 Å². The fourth-order valence-electron chi connectivity index (χ4n) is 2.29. The summed E-state index contributed by atoms with van der Waals surface area (Å²) in [7, 11) is 0. The third-order valence-electron chi connectivity index (χ3n) is 3.44. The van der Waals surface area contributed by atoms with Gasteiger partial charge in [0.25, 0.3) is 5.91 Å².